The summed E-state index contributed by atoms with van der Waals surface area (Å²) < 4.78 is 0. The molecule has 0 aromatic rings. The van der Waals surface area contributed by atoms with E-state index in [2.05, 4.69) is 16.7 Å². The van der Waals surface area contributed by atoms with Gasteiger partial charge >= 0.3 is 0 Å². The lowest BCUT2D eigenvalue weighted by Crippen LogP contribution is -2.50. The molecule has 1 saturated heterocycles. The maximum absolute atomic E-state index is 12.3. The molecular formula is C29H58N2O3. The summed E-state index contributed by atoms with van der Waals surface area (Å²) >= 11 is 0. The predicted octanol–water partition coefficient (Wildman–Crippen LogP) is 5.96. The Balaban J connectivity index is 1.79. The molecule has 2 N–H and O–H groups in total. The third kappa shape index (κ3) is 18.8. The third-order valence-corrected chi connectivity index (χ3v) is 7.35. The van der Waals surface area contributed by atoms with Crippen LogP contribution in [0.4, 0.5) is 0 Å². The van der Waals surface area contributed by atoms with Crippen LogP contribution in [0, 0.1) is 0 Å². The molecule has 5 nitrogen and oxygen atoms in total. The van der Waals surface area contributed by atoms with E-state index in [4.69, 9.17) is 5.11 Å². The first-order chi connectivity index (χ1) is 16.7. The zero-order valence-corrected chi connectivity index (χ0v) is 22.7. The van der Waals surface area contributed by atoms with Crippen molar-refractivity contribution >= 4 is 5.78 Å². The molecule has 0 spiro atoms. The molecule has 34 heavy (non-hydrogen) atoms. The van der Waals surface area contributed by atoms with Crippen molar-refractivity contribution in [3.8, 4) is 0 Å². The van der Waals surface area contributed by atoms with Gasteiger partial charge in [0.15, 0.2) is 0 Å². The SMILES string of the molecule is CCCCCCCCCCCCCCCCCCCCC(=O)CN1CCN(CC(O)CO)CC1. The van der Waals surface area contributed by atoms with Gasteiger partial charge < -0.3 is 10.2 Å². The van der Waals surface area contributed by atoms with Gasteiger partial charge in [-0.05, 0) is 6.42 Å². The van der Waals surface area contributed by atoms with Crippen LogP contribution in [0.5, 0.6) is 0 Å². The van der Waals surface area contributed by atoms with Gasteiger partial charge in [-0.15, -0.1) is 0 Å². The molecule has 1 heterocycles. The van der Waals surface area contributed by atoms with Crippen LogP contribution < -0.4 is 0 Å². The fraction of sp³-hybridized carbons (Fsp3) is 0.966. The Labute approximate surface area is 211 Å². The topological polar surface area (TPSA) is 64.0 Å². The van der Waals surface area contributed by atoms with Crippen LogP contribution in [0.3, 0.4) is 0 Å². The van der Waals surface area contributed by atoms with E-state index in [1.807, 2.05) is 0 Å². The molecule has 1 unspecified atom stereocenters. The fourth-order valence-corrected chi connectivity index (χ4v) is 5.04. The highest BCUT2D eigenvalue weighted by atomic mass is 16.3. The van der Waals surface area contributed by atoms with Crippen molar-refractivity contribution in [2.45, 2.75) is 135 Å². The molecule has 202 valence electrons. The Kier molecular flexibility index (Phi) is 21.3. The van der Waals surface area contributed by atoms with Gasteiger partial charge in [-0.2, -0.15) is 0 Å². The van der Waals surface area contributed by atoms with E-state index in [0.717, 1.165) is 39.0 Å². The van der Waals surface area contributed by atoms with Crippen molar-refractivity contribution in [3.05, 3.63) is 0 Å². The third-order valence-electron chi connectivity index (χ3n) is 7.35. The number of unbranched alkanes of at least 4 members (excludes halogenated alkanes) is 17. The average molecular weight is 483 g/mol. The van der Waals surface area contributed by atoms with E-state index < -0.39 is 6.10 Å². The van der Waals surface area contributed by atoms with Crippen molar-refractivity contribution in [2.24, 2.45) is 0 Å². The van der Waals surface area contributed by atoms with Crippen molar-refractivity contribution in [2.75, 3.05) is 45.9 Å². The van der Waals surface area contributed by atoms with Crippen LogP contribution in [0.2, 0.25) is 0 Å². The number of β-amino-alcohol motifs (C(OH)–C–C–N with tert-alkyl or cyclic N) is 1. The Hall–Kier alpha value is -0.490. The molecule has 0 radical (unpaired) electrons. The zero-order chi connectivity index (χ0) is 24.7. The maximum atomic E-state index is 12.3. The molecule has 1 fully saturated rings. The summed E-state index contributed by atoms with van der Waals surface area (Å²) in [6.45, 7) is 6.69. The first-order valence-corrected chi connectivity index (χ1v) is 14.9. The van der Waals surface area contributed by atoms with E-state index in [0.29, 0.717) is 18.9 Å². The molecule has 0 bridgehead atoms. The summed E-state index contributed by atoms with van der Waals surface area (Å²) in [5.74, 6) is 0.375. The summed E-state index contributed by atoms with van der Waals surface area (Å²) in [6.07, 6.45) is 24.8. The van der Waals surface area contributed by atoms with Crippen molar-refractivity contribution in [1.29, 1.82) is 0 Å². The number of aliphatic hydroxyl groups excluding tert-OH is 2. The van der Waals surface area contributed by atoms with Gasteiger partial charge in [0.1, 0.15) is 5.78 Å². The molecule has 0 aliphatic carbocycles. The number of carbonyl (C=O) groups excluding carboxylic acids is 1. The summed E-state index contributed by atoms with van der Waals surface area (Å²) in [5.41, 5.74) is 0. The van der Waals surface area contributed by atoms with Crippen molar-refractivity contribution < 1.29 is 15.0 Å². The van der Waals surface area contributed by atoms with Crippen LogP contribution in [0.25, 0.3) is 0 Å². The first kappa shape index (κ1) is 31.5. The summed E-state index contributed by atoms with van der Waals surface area (Å²) in [6, 6.07) is 0. The second kappa shape index (κ2) is 22.9. The highest BCUT2D eigenvalue weighted by molar-refractivity contribution is 5.80. The van der Waals surface area contributed by atoms with E-state index in [9.17, 15) is 9.90 Å². The number of rotatable bonds is 24. The summed E-state index contributed by atoms with van der Waals surface area (Å²) in [4.78, 5) is 16.7. The summed E-state index contributed by atoms with van der Waals surface area (Å²) in [7, 11) is 0. The molecule has 1 aliphatic rings. The maximum Gasteiger partial charge on any atom is 0.146 e. The van der Waals surface area contributed by atoms with Gasteiger partial charge in [-0.1, -0.05) is 116 Å². The number of Topliss-reactive ketones (excluding diaryl/α,β-unsaturated/α-hetero) is 1. The molecule has 0 amide bonds. The van der Waals surface area contributed by atoms with Gasteiger partial charge in [0.25, 0.3) is 0 Å². The van der Waals surface area contributed by atoms with Crippen LogP contribution in [0.15, 0.2) is 0 Å². The van der Waals surface area contributed by atoms with Crippen molar-refractivity contribution in [1.82, 2.24) is 9.80 Å². The van der Waals surface area contributed by atoms with Crippen LogP contribution >= 0.6 is 0 Å². The molecule has 0 saturated carbocycles. The van der Waals surface area contributed by atoms with Crippen molar-refractivity contribution in [3.63, 3.8) is 0 Å². The molecular weight excluding hydrogens is 424 g/mol. The number of piperazine rings is 1. The van der Waals surface area contributed by atoms with Gasteiger partial charge in [-0.3, -0.25) is 14.6 Å². The minimum atomic E-state index is -0.655. The van der Waals surface area contributed by atoms with Gasteiger partial charge in [-0.25, -0.2) is 0 Å². The molecule has 1 rings (SSSR count). The minimum Gasteiger partial charge on any atom is -0.394 e. The second-order valence-corrected chi connectivity index (χ2v) is 10.7. The Morgan fingerprint density at radius 3 is 1.44 bits per heavy atom. The predicted molar refractivity (Wildman–Crippen MR) is 144 cm³/mol. The Morgan fingerprint density at radius 2 is 1.03 bits per heavy atom. The number of ketones is 1. The first-order valence-electron chi connectivity index (χ1n) is 14.9. The monoisotopic (exact) mass is 482 g/mol. The lowest BCUT2D eigenvalue weighted by Gasteiger charge is -2.35. The molecule has 0 aromatic heterocycles. The number of aliphatic hydroxyl groups is 2. The minimum absolute atomic E-state index is 0.182. The standard InChI is InChI=1S/C29H58N2O3/c1-2-3-4-5-6-7-8-9-10-11-12-13-14-15-16-17-18-19-20-28(33)25-30-21-23-31(24-22-30)26-29(34)27-32/h29,32,34H,2-27H2,1H3. The van der Waals surface area contributed by atoms with Crippen LogP contribution in [-0.2, 0) is 4.79 Å². The lowest BCUT2D eigenvalue weighted by atomic mass is 10.0. The Morgan fingerprint density at radius 1 is 0.647 bits per heavy atom. The van der Waals surface area contributed by atoms with E-state index in [1.54, 1.807) is 0 Å². The van der Waals surface area contributed by atoms with Gasteiger partial charge in [0.2, 0.25) is 0 Å². The van der Waals surface area contributed by atoms with Crippen LogP contribution in [-0.4, -0.2) is 77.8 Å². The molecule has 5 heteroatoms. The molecule has 0 aromatic carbocycles. The summed E-state index contributed by atoms with van der Waals surface area (Å²) in [5, 5.41) is 18.5. The highest BCUT2D eigenvalue weighted by Crippen LogP contribution is 2.15. The smallest absolute Gasteiger partial charge is 0.146 e. The molecule has 1 atom stereocenters. The van der Waals surface area contributed by atoms with E-state index in [-0.39, 0.29) is 6.61 Å². The largest absolute Gasteiger partial charge is 0.394 e. The van der Waals surface area contributed by atoms with Gasteiger partial charge in [0.05, 0.1) is 19.3 Å². The Bertz CT molecular complexity index is 453. The number of nitrogens with zero attached hydrogens (tertiary/aromatic N) is 2. The fourth-order valence-electron chi connectivity index (χ4n) is 5.04. The zero-order valence-electron chi connectivity index (χ0n) is 22.7. The number of hydrogen-bond acceptors (Lipinski definition) is 5. The van der Waals surface area contributed by atoms with Crippen LogP contribution in [0.1, 0.15) is 129 Å². The number of hydrogen-bond donors (Lipinski definition) is 2. The molecule has 1 aliphatic heterocycles. The van der Waals surface area contributed by atoms with E-state index in [1.165, 1.54) is 109 Å². The quantitative estimate of drug-likeness (QED) is 0.166. The highest BCUT2D eigenvalue weighted by Gasteiger charge is 2.20. The van der Waals surface area contributed by atoms with E-state index >= 15 is 0 Å². The lowest BCUT2D eigenvalue weighted by molar-refractivity contribution is -0.120. The second-order valence-electron chi connectivity index (χ2n) is 10.7. The van der Waals surface area contributed by atoms with Gasteiger partial charge in [0, 0.05) is 39.1 Å². The normalized spacial score (nSPS) is 16.2. The average Bonchev–Trinajstić information content (AvgIpc) is 2.84. The number of carbonyl (C=O) groups is 1.